The summed E-state index contributed by atoms with van der Waals surface area (Å²) in [5.74, 6) is 0.847. The fraction of sp³-hybridized carbons (Fsp3) is 0.250. The Balaban J connectivity index is 1.50. The summed E-state index contributed by atoms with van der Waals surface area (Å²) in [7, 11) is -3.79. The zero-order valence-corrected chi connectivity index (χ0v) is 16.7. The highest BCUT2D eigenvalue weighted by Gasteiger charge is 2.14. The zero-order valence-electron chi connectivity index (χ0n) is 15.9. The minimum atomic E-state index is -3.79. The van der Waals surface area contributed by atoms with Gasteiger partial charge in [-0.05, 0) is 31.0 Å². The van der Waals surface area contributed by atoms with Gasteiger partial charge in [-0.3, -0.25) is 4.79 Å². The lowest BCUT2D eigenvalue weighted by Gasteiger charge is -2.15. The Morgan fingerprint density at radius 1 is 1.17 bits per heavy atom. The number of nitrogens with two attached hydrogens (primary N) is 1. The Bertz CT molecular complexity index is 1080. The Labute approximate surface area is 169 Å². The van der Waals surface area contributed by atoms with Crippen molar-refractivity contribution in [1.29, 1.82) is 0 Å². The van der Waals surface area contributed by atoms with Crippen molar-refractivity contribution < 1.29 is 17.7 Å². The molecule has 29 heavy (non-hydrogen) atoms. The van der Waals surface area contributed by atoms with Gasteiger partial charge in [0.2, 0.25) is 27.6 Å². The molecule has 0 spiro atoms. The molecule has 0 aliphatic heterocycles. The van der Waals surface area contributed by atoms with Gasteiger partial charge in [0.25, 0.3) is 0 Å². The lowest BCUT2D eigenvalue weighted by molar-refractivity contribution is -0.121. The van der Waals surface area contributed by atoms with E-state index in [0.29, 0.717) is 30.1 Å². The molecular weight excluding hydrogens is 392 g/mol. The summed E-state index contributed by atoms with van der Waals surface area (Å²) in [6, 6.07) is 15.4. The molecule has 3 aromatic rings. The van der Waals surface area contributed by atoms with Crippen LogP contribution in [0, 0.1) is 0 Å². The number of aromatic nitrogens is 2. The van der Waals surface area contributed by atoms with Crippen molar-refractivity contribution in [1.82, 2.24) is 15.5 Å². The Kier molecular flexibility index (Phi) is 6.40. The minimum Gasteiger partial charge on any atom is -0.350 e. The quantitative estimate of drug-likeness (QED) is 0.583. The van der Waals surface area contributed by atoms with E-state index in [1.807, 2.05) is 30.3 Å². The molecule has 0 fully saturated rings. The molecule has 2 aromatic carbocycles. The Morgan fingerprint density at radius 3 is 2.66 bits per heavy atom. The Morgan fingerprint density at radius 2 is 1.93 bits per heavy atom. The topological polar surface area (TPSA) is 128 Å². The standard InChI is InChI=1S/C20H22N4O4S/c1-14(16-9-5-10-17(13-16)29(21,26)27)22-18(25)11-6-12-19-23-20(24-28-19)15-7-3-2-4-8-15/h2-5,7-10,13-14H,6,11-12H2,1H3,(H,22,25)(H2,21,26,27)/t14-/m1/s1. The predicted molar refractivity (Wildman–Crippen MR) is 107 cm³/mol. The van der Waals surface area contributed by atoms with Gasteiger partial charge < -0.3 is 9.84 Å². The Hall–Kier alpha value is -3.04. The van der Waals surface area contributed by atoms with Crippen LogP contribution < -0.4 is 10.5 Å². The molecule has 0 unspecified atom stereocenters. The SMILES string of the molecule is C[C@@H](NC(=O)CCCc1nc(-c2ccccc2)no1)c1cccc(S(N)(=O)=O)c1. The van der Waals surface area contributed by atoms with Crippen LogP contribution >= 0.6 is 0 Å². The summed E-state index contributed by atoms with van der Waals surface area (Å²) in [5, 5.41) is 12.0. The van der Waals surface area contributed by atoms with Crippen molar-refractivity contribution in [3.63, 3.8) is 0 Å². The average Bonchev–Trinajstić information content (AvgIpc) is 3.17. The highest BCUT2D eigenvalue weighted by molar-refractivity contribution is 7.89. The first-order valence-electron chi connectivity index (χ1n) is 9.13. The van der Waals surface area contributed by atoms with Crippen molar-refractivity contribution in [2.24, 2.45) is 5.14 Å². The highest BCUT2D eigenvalue weighted by atomic mass is 32.2. The molecule has 0 aliphatic carbocycles. The molecule has 0 bridgehead atoms. The van der Waals surface area contributed by atoms with E-state index >= 15 is 0 Å². The first kappa shape index (κ1) is 20.7. The zero-order chi connectivity index (χ0) is 20.9. The van der Waals surface area contributed by atoms with Crippen LogP contribution in [-0.4, -0.2) is 24.5 Å². The van der Waals surface area contributed by atoms with Gasteiger partial charge in [0, 0.05) is 18.4 Å². The number of rotatable bonds is 8. The van der Waals surface area contributed by atoms with E-state index in [0.717, 1.165) is 5.56 Å². The van der Waals surface area contributed by atoms with Crippen LogP contribution in [0.5, 0.6) is 0 Å². The van der Waals surface area contributed by atoms with Gasteiger partial charge in [0.05, 0.1) is 10.9 Å². The van der Waals surface area contributed by atoms with Gasteiger partial charge >= 0.3 is 0 Å². The normalized spacial score (nSPS) is 12.5. The number of aryl methyl sites for hydroxylation is 1. The fourth-order valence-electron chi connectivity index (χ4n) is 2.82. The molecular formula is C20H22N4O4S. The molecule has 0 saturated carbocycles. The van der Waals surface area contributed by atoms with Crippen molar-refractivity contribution in [3.8, 4) is 11.4 Å². The van der Waals surface area contributed by atoms with E-state index in [4.69, 9.17) is 9.66 Å². The summed E-state index contributed by atoms with van der Waals surface area (Å²) >= 11 is 0. The van der Waals surface area contributed by atoms with Gasteiger partial charge in [0.1, 0.15) is 0 Å². The largest absolute Gasteiger partial charge is 0.350 e. The van der Waals surface area contributed by atoms with Gasteiger partial charge in [0.15, 0.2) is 0 Å². The summed E-state index contributed by atoms with van der Waals surface area (Å²) < 4.78 is 28.2. The summed E-state index contributed by atoms with van der Waals surface area (Å²) in [6.45, 7) is 1.78. The second-order valence-electron chi connectivity index (χ2n) is 6.64. The van der Waals surface area contributed by atoms with Crippen LogP contribution in [0.25, 0.3) is 11.4 Å². The van der Waals surface area contributed by atoms with E-state index in [1.165, 1.54) is 12.1 Å². The maximum atomic E-state index is 12.2. The lowest BCUT2D eigenvalue weighted by Crippen LogP contribution is -2.26. The molecule has 8 nitrogen and oxygen atoms in total. The third-order valence-corrected chi connectivity index (χ3v) is 5.27. The van der Waals surface area contributed by atoms with E-state index in [1.54, 1.807) is 19.1 Å². The molecule has 152 valence electrons. The van der Waals surface area contributed by atoms with Gasteiger partial charge in [-0.1, -0.05) is 47.6 Å². The molecule has 3 rings (SSSR count). The molecule has 0 saturated heterocycles. The van der Waals surface area contributed by atoms with Crippen molar-refractivity contribution in [2.75, 3.05) is 0 Å². The van der Waals surface area contributed by atoms with Crippen LogP contribution in [0.1, 0.15) is 37.3 Å². The number of hydrogen-bond acceptors (Lipinski definition) is 6. The third-order valence-electron chi connectivity index (χ3n) is 4.36. The van der Waals surface area contributed by atoms with E-state index in [-0.39, 0.29) is 23.3 Å². The van der Waals surface area contributed by atoms with Crippen LogP contribution in [0.15, 0.2) is 64.0 Å². The molecule has 1 atom stereocenters. The molecule has 1 heterocycles. The number of carbonyl (C=O) groups is 1. The van der Waals surface area contributed by atoms with Gasteiger partial charge in [-0.2, -0.15) is 4.98 Å². The first-order valence-corrected chi connectivity index (χ1v) is 10.7. The second-order valence-corrected chi connectivity index (χ2v) is 8.20. The van der Waals surface area contributed by atoms with Crippen LogP contribution in [0.2, 0.25) is 0 Å². The van der Waals surface area contributed by atoms with Crippen LogP contribution in [-0.2, 0) is 21.2 Å². The monoisotopic (exact) mass is 414 g/mol. The minimum absolute atomic E-state index is 0.0155. The molecule has 3 N–H and O–H groups in total. The first-order chi connectivity index (χ1) is 13.8. The maximum Gasteiger partial charge on any atom is 0.238 e. The van der Waals surface area contributed by atoms with Crippen molar-refractivity contribution in [2.45, 2.75) is 37.1 Å². The summed E-state index contributed by atoms with van der Waals surface area (Å²) in [6.07, 6.45) is 1.32. The number of sulfonamides is 1. The number of hydrogen-bond donors (Lipinski definition) is 2. The molecule has 1 amide bonds. The number of benzene rings is 2. The lowest BCUT2D eigenvalue weighted by atomic mass is 10.1. The average molecular weight is 414 g/mol. The number of carbonyl (C=O) groups excluding carboxylic acids is 1. The van der Waals surface area contributed by atoms with E-state index in [2.05, 4.69) is 15.5 Å². The molecule has 0 radical (unpaired) electrons. The predicted octanol–water partition coefficient (Wildman–Crippen LogP) is 2.58. The van der Waals surface area contributed by atoms with Crippen molar-refractivity contribution >= 4 is 15.9 Å². The molecule has 0 aliphatic rings. The maximum absolute atomic E-state index is 12.2. The smallest absolute Gasteiger partial charge is 0.238 e. The van der Waals surface area contributed by atoms with Gasteiger partial charge in [-0.15, -0.1) is 0 Å². The number of amides is 1. The summed E-state index contributed by atoms with van der Waals surface area (Å²) in [4.78, 5) is 16.6. The second kappa shape index (κ2) is 8.97. The van der Waals surface area contributed by atoms with E-state index in [9.17, 15) is 13.2 Å². The number of nitrogens with one attached hydrogen (secondary N) is 1. The highest BCUT2D eigenvalue weighted by Crippen LogP contribution is 2.18. The number of primary sulfonamides is 1. The third kappa shape index (κ3) is 5.72. The van der Waals surface area contributed by atoms with Gasteiger partial charge in [-0.25, -0.2) is 13.6 Å². The van der Waals surface area contributed by atoms with E-state index < -0.39 is 10.0 Å². The fourth-order valence-corrected chi connectivity index (χ4v) is 3.39. The van der Waals surface area contributed by atoms with Crippen LogP contribution in [0.4, 0.5) is 0 Å². The van der Waals surface area contributed by atoms with Crippen LogP contribution in [0.3, 0.4) is 0 Å². The number of nitrogens with zero attached hydrogens (tertiary/aromatic N) is 2. The molecule has 1 aromatic heterocycles. The summed E-state index contributed by atoms with van der Waals surface area (Å²) in [5.41, 5.74) is 1.53. The van der Waals surface area contributed by atoms with Crippen molar-refractivity contribution in [3.05, 3.63) is 66.1 Å². The molecule has 9 heteroatoms.